The maximum absolute atomic E-state index is 13.6. The SMILES string of the molecule is COCCCOc1cc(C[C@@H](C[C@H]2[C@H](C[C@H](C(=O)NCC(C)(C)C(N)=O)C(C)C)OCN2C(=O)OCCOc2cccnc2)C(C)C)ccc1OC. The van der Waals surface area contributed by atoms with E-state index in [-0.39, 0.29) is 56.2 Å². The van der Waals surface area contributed by atoms with Crippen LogP contribution in [0.1, 0.15) is 66.4 Å². The van der Waals surface area contributed by atoms with Crippen molar-refractivity contribution in [3.8, 4) is 17.2 Å². The zero-order valence-electron chi connectivity index (χ0n) is 32.2. The molecule has 0 unspecified atom stereocenters. The van der Waals surface area contributed by atoms with Crippen molar-refractivity contribution in [3.05, 3.63) is 48.3 Å². The first-order valence-electron chi connectivity index (χ1n) is 18.2. The molecule has 1 aromatic heterocycles. The van der Waals surface area contributed by atoms with E-state index in [1.54, 1.807) is 57.5 Å². The van der Waals surface area contributed by atoms with Gasteiger partial charge >= 0.3 is 6.09 Å². The fourth-order valence-corrected chi connectivity index (χ4v) is 6.09. The van der Waals surface area contributed by atoms with Gasteiger partial charge in [0.25, 0.3) is 0 Å². The van der Waals surface area contributed by atoms with E-state index in [1.165, 1.54) is 0 Å². The number of carbonyl (C=O) groups is 3. The lowest BCUT2D eigenvalue weighted by Crippen LogP contribution is -2.47. The van der Waals surface area contributed by atoms with Crippen molar-refractivity contribution in [2.45, 2.75) is 79.4 Å². The molecule has 13 nitrogen and oxygen atoms in total. The zero-order valence-corrected chi connectivity index (χ0v) is 32.2. The third-order valence-electron chi connectivity index (χ3n) is 9.67. The molecule has 290 valence electrons. The molecule has 0 bridgehead atoms. The molecule has 3 rings (SSSR count). The van der Waals surface area contributed by atoms with Crippen molar-refractivity contribution in [3.63, 3.8) is 0 Å². The Morgan fingerprint density at radius 2 is 1.77 bits per heavy atom. The molecule has 4 atom stereocenters. The summed E-state index contributed by atoms with van der Waals surface area (Å²) in [5.41, 5.74) is 5.73. The van der Waals surface area contributed by atoms with E-state index >= 15 is 0 Å². The predicted molar refractivity (Wildman–Crippen MR) is 197 cm³/mol. The Balaban J connectivity index is 1.82. The average Bonchev–Trinajstić information content (AvgIpc) is 3.51. The number of nitrogens with zero attached hydrogens (tertiary/aromatic N) is 2. The molecule has 1 aliphatic rings. The number of primary amides is 1. The first-order valence-corrected chi connectivity index (χ1v) is 18.2. The molecule has 13 heteroatoms. The lowest BCUT2D eigenvalue weighted by Gasteiger charge is -2.33. The molecule has 52 heavy (non-hydrogen) atoms. The van der Waals surface area contributed by atoms with Crippen LogP contribution in [-0.4, -0.2) is 93.9 Å². The molecule has 1 fully saturated rings. The zero-order chi connectivity index (χ0) is 38.3. The number of methoxy groups -OCH3 is 2. The molecule has 1 aromatic carbocycles. The average molecular weight is 729 g/mol. The number of nitrogens with one attached hydrogen (secondary N) is 1. The third kappa shape index (κ3) is 12.8. The normalized spacial score (nSPS) is 17.2. The van der Waals surface area contributed by atoms with Crippen LogP contribution in [0.4, 0.5) is 4.79 Å². The summed E-state index contributed by atoms with van der Waals surface area (Å²) in [6.07, 6.45) is 4.78. The highest BCUT2D eigenvalue weighted by molar-refractivity contribution is 5.83. The summed E-state index contributed by atoms with van der Waals surface area (Å²) in [5, 5.41) is 2.94. The fourth-order valence-electron chi connectivity index (χ4n) is 6.09. The number of aromatic nitrogens is 1. The Kier molecular flexibility index (Phi) is 16.9. The lowest BCUT2D eigenvalue weighted by molar-refractivity contribution is -0.130. The Labute approximate surface area is 309 Å². The van der Waals surface area contributed by atoms with Crippen molar-refractivity contribution in [2.75, 3.05) is 53.9 Å². The molecular formula is C39H60N4O9. The largest absolute Gasteiger partial charge is 0.493 e. The summed E-state index contributed by atoms with van der Waals surface area (Å²) in [4.78, 5) is 44.7. The minimum atomic E-state index is -0.897. The monoisotopic (exact) mass is 728 g/mol. The number of nitrogens with two attached hydrogens (primary N) is 1. The second-order valence-electron chi connectivity index (χ2n) is 14.7. The van der Waals surface area contributed by atoms with Gasteiger partial charge in [0, 0.05) is 38.8 Å². The van der Waals surface area contributed by atoms with Gasteiger partial charge in [-0.2, -0.15) is 0 Å². The van der Waals surface area contributed by atoms with E-state index < -0.39 is 29.4 Å². The Hall–Kier alpha value is -4.10. The molecular weight excluding hydrogens is 668 g/mol. The first-order chi connectivity index (χ1) is 24.8. The van der Waals surface area contributed by atoms with Gasteiger partial charge in [-0.15, -0.1) is 0 Å². The first kappa shape index (κ1) is 42.3. The molecule has 2 aromatic rings. The quantitative estimate of drug-likeness (QED) is 0.154. The molecule has 2 heterocycles. The number of pyridine rings is 1. The van der Waals surface area contributed by atoms with Crippen molar-refractivity contribution in [2.24, 2.45) is 34.8 Å². The molecule has 0 radical (unpaired) electrons. The molecule has 0 saturated carbocycles. The summed E-state index contributed by atoms with van der Waals surface area (Å²) >= 11 is 0. The maximum atomic E-state index is 13.6. The molecule has 1 aliphatic heterocycles. The summed E-state index contributed by atoms with van der Waals surface area (Å²) in [6, 6.07) is 9.17. The number of rotatable bonds is 22. The number of benzene rings is 1. The van der Waals surface area contributed by atoms with Gasteiger partial charge in [-0.1, -0.05) is 33.8 Å². The predicted octanol–water partition coefficient (Wildman–Crippen LogP) is 5.24. The van der Waals surface area contributed by atoms with Crippen LogP contribution in [0.25, 0.3) is 0 Å². The van der Waals surface area contributed by atoms with E-state index in [9.17, 15) is 14.4 Å². The van der Waals surface area contributed by atoms with Gasteiger partial charge in [-0.3, -0.25) is 19.5 Å². The number of amides is 3. The third-order valence-corrected chi connectivity index (χ3v) is 9.67. The molecule has 0 aliphatic carbocycles. The minimum absolute atomic E-state index is 0.0333. The van der Waals surface area contributed by atoms with Crippen molar-refractivity contribution < 1.29 is 42.8 Å². The van der Waals surface area contributed by atoms with Gasteiger partial charge in [0.05, 0.1) is 37.5 Å². The molecule has 0 spiro atoms. The number of hydrogen-bond donors (Lipinski definition) is 2. The van der Waals surface area contributed by atoms with Gasteiger partial charge < -0.3 is 39.5 Å². The van der Waals surface area contributed by atoms with E-state index in [2.05, 4.69) is 24.1 Å². The van der Waals surface area contributed by atoms with Crippen LogP contribution in [0.3, 0.4) is 0 Å². The van der Waals surface area contributed by atoms with E-state index in [4.69, 9.17) is 34.2 Å². The highest BCUT2D eigenvalue weighted by Gasteiger charge is 2.43. The maximum Gasteiger partial charge on any atom is 0.412 e. The Morgan fingerprint density at radius 3 is 2.40 bits per heavy atom. The van der Waals surface area contributed by atoms with Crippen LogP contribution in [-0.2, 0) is 30.2 Å². The highest BCUT2D eigenvalue weighted by Crippen LogP contribution is 2.36. The van der Waals surface area contributed by atoms with Crippen LogP contribution in [0.15, 0.2) is 42.7 Å². The number of hydrogen-bond acceptors (Lipinski definition) is 10. The van der Waals surface area contributed by atoms with Crippen LogP contribution in [0.2, 0.25) is 0 Å². The lowest BCUT2D eigenvalue weighted by atomic mass is 9.80. The second-order valence-corrected chi connectivity index (χ2v) is 14.7. The van der Waals surface area contributed by atoms with Crippen molar-refractivity contribution >= 4 is 17.9 Å². The van der Waals surface area contributed by atoms with Gasteiger partial charge in [0.2, 0.25) is 11.8 Å². The van der Waals surface area contributed by atoms with Crippen molar-refractivity contribution in [1.29, 1.82) is 0 Å². The van der Waals surface area contributed by atoms with Crippen LogP contribution in [0.5, 0.6) is 17.2 Å². The number of carbonyl (C=O) groups excluding carboxylic acids is 3. The Morgan fingerprint density at radius 1 is 1.00 bits per heavy atom. The van der Waals surface area contributed by atoms with Gasteiger partial charge in [-0.25, -0.2) is 4.79 Å². The topological polar surface area (TPSA) is 161 Å². The summed E-state index contributed by atoms with van der Waals surface area (Å²) in [5.74, 6) is 1.16. The standard InChI is InChI=1S/C39H60N4O9/c1-26(2)29(19-28-12-13-33(48-8)35(20-28)50-16-10-15-47-7)21-32-34(22-31(27(3)4)36(44)42-24-39(5,6)37(40)45)52-25-43(32)38(46)51-18-17-49-30-11-9-14-41-23-30/h9,11-14,20,23,26-27,29,31-32,34H,10,15-19,21-22,24-25H2,1-8H3,(H2,40,45)(H,42,44)/t29-,31-,32-,34-/m0/s1. The Bertz CT molecular complexity index is 1410. The summed E-state index contributed by atoms with van der Waals surface area (Å²) in [7, 11) is 3.29. The van der Waals surface area contributed by atoms with Gasteiger partial charge in [0.1, 0.15) is 25.7 Å². The molecule has 3 N–H and O–H groups in total. The second kappa shape index (κ2) is 20.8. The van der Waals surface area contributed by atoms with E-state index in [1.807, 2.05) is 32.0 Å². The van der Waals surface area contributed by atoms with Crippen LogP contribution < -0.4 is 25.3 Å². The highest BCUT2D eigenvalue weighted by atomic mass is 16.6. The fraction of sp³-hybridized carbons (Fsp3) is 0.641. The van der Waals surface area contributed by atoms with Gasteiger partial charge in [-0.05, 0) is 80.7 Å². The van der Waals surface area contributed by atoms with Crippen molar-refractivity contribution in [1.82, 2.24) is 15.2 Å². The minimum Gasteiger partial charge on any atom is -0.493 e. The summed E-state index contributed by atoms with van der Waals surface area (Å²) < 4.78 is 34.4. The van der Waals surface area contributed by atoms with Crippen LogP contribution >= 0.6 is 0 Å². The smallest absolute Gasteiger partial charge is 0.412 e. The summed E-state index contributed by atoms with van der Waals surface area (Å²) in [6.45, 7) is 13.2. The van der Waals surface area contributed by atoms with Crippen LogP contribution in [0, 0.1) is 29.1 Å². The van der Waals surface area contributed by atoms with E-state index in [0.717, 1.165) is 18.4 Å². The number of ether oxygens (including phenoxy) is 6. The molecule has 3 amide bonds. The molecule has 1 saturated heterocycles. The van der Waals surface area contributed by atoms with Gasteiger partial charge in [0.15, 0.2) is 11.5 Å². The van der Waals surface area contributed by atoms with E-state index in [0.29, 0.717) is 43.3 Å².